The van der Waals surface area contributed by atoms with Gasteiger partial charge in [-0.15, -0.1) is 11.3 Å². The number of benzene rings is 2. The number of rotatable bonds is 14. The van der Waals surface area contributed by atoms with Crippen molar-refractivity contribution in [3.63, 3.8) is 0 Å². The Morgan fingerprint density at radius 2 is 1.75 bits per heavy atom. The average molecular weight is 563 g/mol. The first-order valence-corrected chi connectivity index (χ1v) is 15.3. The highest BCUT2D eigenvalue weighted by Gasteiger charge is 2.34. The molecule has 3 aromatic rings. The largest absolute Gasteiger partial charge is 0.497 e. The van der Waals surface area contributed by atoms with Gasteiger partial charge < -0.3 is 19.3 Å². The fourth-order valence-corrected chi connectivity index (χ4v) is 6.29. The third-order valence-corrected chi connectivity index (χ3v) is 8.62. The van der Waals surface area contributed by atoms with E-state index in [2.05, 4.69) is 30.5 Å². The number of unbranched alkanes of at least 4 members (excludes halogenated alkanes) is 3. The van der Waals surface area contributed by atoms with Gasteiger partial charge in [0.1, 0.15) is 12.3 Å². The zero-order valence-corrected chi connectivity index (χ0v) is 24.9. The molecule has 7 heteroatoms. The van der Waals surface area contributed by atoms with Crippen LogP contribution in [0.4, 0.5) is 0 Å². The van der Waals surface area contributed by atoms with Crippen molar-refractivity contribution in [1.82, 2.24) is 9.80 Å². The summed E-state index contributed by atoms with van der Waals surface area (Å²) in [4.78, 5) is 32.5. The van der Waals surface area contributed by atoms with Crippen LogP contribution in [-0.4, -0.2) is 62.1 Å². The van der Waals surface area contributed by atoms with Gasteiger partial charge in [0.2, 0.25) is 5.91 Å². The van der Waals surface area contributed by atoms with Crippen molar-refractivity contribution in [2.45, 2.75) is 57.9 Å². The van der Waals surface area contributed by atoms with Gasteiger partial charge >= 0.3 is 0 Å². The molecule has 0 saturated carbocycles. The third kappa shape index (κ3) is 7.52. The molecule has 1 unspecified atom stereocenters. The smallest absolute Gasteiger partial charge is 0.254 e. The molecule has 1 aromatic heterocycles. The summed E-state index contributed by atoms with van der Waals surface area (Å²) in [5.74, 6) is 0.622. The molecule has 0 radical (unpaired) electrons. The van der Waals surface area contributed by atoms with Crippen molar-refractivity contribution >= 4 is 23.2 Å². The Hall–Kier alpha value is -3.16. The Kier molecular flexibility index (Phi) is 11.2. The maximum atomic E-state index is 13.9. The standard InChI is InChI=1S/C33H42N2O4S/c1-4-5-6-7-9-25-10-12-27(13-11-25)33(37)34(20-8-22-38-2)24-31(36)35-21-18-30-29(19-23-40-30)32(35)26-14-16-28(39-3)17-15-26/h10-17,19,23,32H,4-9,18,20-22,24H2,1-3H3. The Balaban J connectivity index is 1.51. The number of hydrogen-bond acceptors (Lipinski definition) is 5. The van der Waals surface area contributed by atoms with E-state index in [0.717, 1.165) is 30.6 Å². The second kappa shape index (κ2) is 15.0. The van der Waals surface area contributed by atoms with E-state index >= 15 is 0 Å². The lowest BCUT2D eigenvalue weighted by Gasteiger charge is -2.37. The number of amides is 2. The molecule has 1 aliphatic heterocycles. The molecule has 1 aliphatic rings. The van der Waals surface area contributed by atoms with Crippen LogP contribution in [0.5, 0.6) is 5.75 Å². The molecule has 0 fully saturated rings. The summed E-state index contributed by atoms with van der Waals surface area (Å²) in [6.45, 7) is 3.86. The van der Waals surface area contributed by atoms with E-state index in [1.165, 1.54) is 35.3 Å². The number of carbonyl (C=O) groups is 2. The number of thiophene rings is 1. The first-order valence-electron chi connectivity index (χ1n) is 14.4. The van der Waals surface area contributed by atoms with Crippen molar-refractivity contribution in [3.05, 3.63) is 87.1 Å². The minimum absolute atomic E-state index is 0.0352. The summed E-state index contributed by atoms with van der Waals surface area (Å²) < 4.78 is 10.6. The van der Waals surface area contributed by atoms with Crippen molar-refractivity contribution < 1.29 is 19.1 Å². The van der Waals surface area contributed by atoms with Crippen LogP contribution in [0.2, 0.25) is 0 Å². The zero-order chi connectivity index (χ0) is 28.3. The van der Waals surface area contributed by atoms with Crippen LogP contribution in [0.15, 0.2) is 60.0 Å². The molecular formula is C33H42N2O4S. The molecule has 0 N–H and O–H groups in total. The summed E-state index contributed by atoms with van der Waals surface area (Å²) in [6.07, 6.45) is 7.38. The molecule has 0 bridgehead atoms. The van der Waals surface area contributed by atoms with Gasteiger partial charge in [-0.05, 0) is 78.1 Å². The molecule has 1 atom stereocenters. The predicted molar refractivity (Wildman–Crippen MR) is 161 cm³/mol. The second-order valence-electron chi connectivity index (χ2n) is 10.4. The molecule has 40 heavy (non-hydrogen) atoms. The number of ether oxygens (including phenoxy) is 2. The van der Waals surface area contributed by atoms with Gasteiger partial charge in [-0.2, -0.15) is 0 Å². The first kappa shape index (κ1) is 29.8. The fraction of sp³-hybridized carbons (Fsp3) is 0.455. The van der Waals surface area contributed by atoms with E-state index in [9.17, 15) is 9.59 Å². The average Bonchev–Trinajstić information content (AvgIpc) is 3.47. The normalized spacial score (nSPS) is 14.6. The minimum Gasteiger partial charge on any atom is -0.497 e. The number of fused-ring (bicyclic) bond motifs is 1. The zero-order valence-electron chi connectivity index (χ0n) is 24.1. The van der Waals surface area contributed by atoms with Crippen molar-refractivity contribution in [2.24, 2.45) is 0 Å². The molecule has 0 aliphatic carbocycles. The Bertz CT molecular complexity index is 1220. The number of aryl methyl sites for hydroxylation is 1. The summed E-state index contributed by atoms with van der Waals surface area (Å²) in [6, 6.07) is 17.8. The van der Waals surface area contributed by atoms with Crippen molar-refractivity contribution in [2.75, 3.05) is 40.5 Å². The highest BCUT2D eigenvalue weighted by Crippen LogP contribution is 2.38. The van der Waals surface area contributed by atoms with Crippen LogP contribution >= 0.6 is 11.3 Å². The summed E-state index contributed by atoms with van der Waals surface area (Å²) in [5, 5.41) is 2.10. The lowest BCUT2D eigenvalue weighted by molar-refractivity contribution is -0.134. The van der Waals surface area contributed by atoms with E-state index in [0.29, 0.717) is 31.7 Å². The van der Waals surface area contributed by atoms with Gasteiger partial charge in [0.25, 0.3) is 5.91 Å². The summed E-state index contributed by atoms with van der Waals surface area (Å²) in [5.41, 5.74) is 4.08. The van der Waals surface area contributed by atoms with Gasteiger partial charge in [0, 0.05) is 37.2 Å². The quantitative estimate of drug-likeness (QED) is 0.210. The second-order valence-corrected chi connectivity index (χ2v) is 11.4. The maximum Gasteiger partial charge on any atom is 0.254 e. The van der Waals surface area contributed by atoms with Gasteiger partial charge in [0.15, 0.2) is 0 Å². The van der Waals surface area contributed by atoms with Crippen molar-refractivity contribution in [3.8, 4) is 5.75 Å². The van der Waals surface area contributed by atoms with Crippen LogP contribution in [0.3, 0.4) is 0 Å². The van der Waals surface area contributed by atoms with Gasteiger partial charge in [-0.3, -0.25) is 9.59 Å². The van der Waals surface area contributed by atoms with Gasteiger partial charge in [-0.25, -0.2) is 0 Å². The number of carbonyl (C=O) groups excluding carboxylic acids is 2. The monoisotopic (exact) mass is 562 g/mol. The molecule has 6 nitrogen and oxygen atoms in total. The highest BCUT2D eigenvalue weighted by atomic mass is 32.1. The first-order chi connectivity index (χ1) is 19.5. The molecular weight excluding hydrogens is 520 g/mol. The molecule has 2 heterocycles. The lowest BCUT2D eigenvalue weighted by atomic mass is 9.93. The fourth-order valence-electron chi connectivity index (χ4n) is 5.39. The predicted octanol–water partition coefficient (Wildman–Crippen LogP) is 6.53. The molecule has 2 amide bonds. The van der Waals surface area contributed by atoms with Crippen molar-refractivity contribution in [1.29, 1.82) is 0 Å². The maximum absolute atomic E-state index is 13.9. The Labute approximate surface area is 242 Å². The van der Waals surface area contributed by atoms with Crippen LogP contribution in [0, 0.1) is 0 Å². The number of nitrogens with zero attached hydrogens (tertiary/aromatic N) is 2. The third-order valence-electron chi connectivity index (χ3n) is 7.63. The van der Waals surface area contributed by atoms with Crippen LogP contribution in [0.25, 0.3) is 0 Å². The van der Waals surface area contributed by atoms with E-state index in [1.807, 2.05) is 41.3 Å². The van der Waals surface area contributed by atoms with E-state index in [-0.39, 0.29) is 24.4 Å². The van der Waals surface area contributed by atoms with Crippen LogP contribution in [-0.2, 0) is 22.4 Å². The minimum atomic E-state index is -0.184. The Morgan fingerprint density at radius 1 is 0.975 bits per heavy atom. The topological polar surface area (TPSA) is 59.1 Å². The van der Waals surface area contributed by atoms with Crippen LogP contribution < -0.4 is 4.74 Å². The molecule has 0 saturated heterocycles. The van der Waals surface area contributed by atoms with E-state index in [1.54, 1.807) is 30.5 Å². The molecule has 214 valence electrons. The van der Waals surface area contributed by atoms with Gasteiger partial charge in [0.05, 0.1) is 13.2 Å². The summed E-state index contributed by atoms with van der Waals surface area (Å²) >= 11 is 1.74. The molecule has 4 rings (SSSR count). The van der Waals surface area contributed by atoms with E-state index in [4.69, 9.17) is 9.47 Å². The lowest BCUT2D eigenvalue weighted by Crippen LogP contribution is -2.47. The molecule has 0 spiro atoms. The summed E-state index contributed by atoms with van der Waals surface area (Å²) in [7, 11) is 3.31. The SMILES string of the molecule is CCCCCCc1ccc(C(=O)N(CCCOC)CC(=O)N2CCc3sccc3C2c2ccc(OC)cc2)cc1. The number of methoxy groups -OCH3 is 2. The Morgan fingerprint density at radius 3 is 2.45 bits per heavy atom. The van der Waals surface area contributed by atoms with Gasteiger partial charge in [-0.1, -0.05) is 50.5 Å². The van der Waals surface area contributed by atoms with Crippen LogP contribution in [0.1, 0.15) is 77.0 Å². The number of hydrogen-bond donors (Lipinski definition) is 0. The molecule has 2 aromatic carbocycles. The highest BCUT2D eigenvalue weighted by molar-refractivity contribution is 7.10. The van der Waals surface area contributed by atoms with E-state index < -0.39 is 0 Å².